The fourth-order valence-electron chi connectivity index (χ4n) is 5.67. The highest BCUT2D eigenvalue weighted by atomic mass is 16.5. The third-order valence-corrected chi connectivity index (χ3v) is 8.20. The summed E-state index contributed by atoms with van der Waals surface area (Å²) in [7, 11) is 0. The van der Waals surface area contributed by atoms with Crippen molar-refractivity contribution in [2.24, 2.45) is 0 Å². The van der Waals surface area contributed by atoms with Crippen molar-refractivity contribution >= 4 is 11.9 Å². The van der Waals surface area contributed by atoms with Crippen molar-refractivity contribution in [3.8, 4) is 22.6 Å². The molecule has 1 aliphatic carbocycles. The molecule has 0 aliphatic heterocycles. The maximum atomic E-state index is 11.1. The van der Waals surface area contributed by atoms with E-state index in [1.165, 1.54) is 56.7 Å². The van der Waals surface area contributed by atoms with Crippen LogP contribution in [-0.2, 0) is 51.2 Å². The Hall–Kier alpha value is -5.10. The van der Waals surface area contributed by atoms with Gasteiger partial charge in [0.05, 0.1) is 26.4 Å². The summed E-state index contributed by atoms with van der Waals surface area (Å²) in [6, 6.07) is 30.4. The van der Waals surface area contributed by atoms with Crippen LogP contribution in [0.3, 0.4) is 0 Å². The lowest BCUT2D eigenvalue weighted by Crippen LogP contribution is -2.06. The normalized spacial score (nSPS) is 11.2. The van der Waals surface area contributed by atoms with Crippen LogP contribution in [0.4, 0.5) is 0 Å². The van der Waals surface area contributed by atoms with Gasteiger partial charge in [-0.1, -0.05) is 73.8 Å². The molecule has 0 amide bonds. The Morgan fingerprint density at radius 1 is 0.532 bits per heavy atom. The Kier molecular flexibility index (Phi) is 12.0. The molecule has 4 aromatic rings. The maximum Gasteiger partial charge on any atom is 0.330 e. The predicted octanol–water partition coefficient (Wildman–Crippen LogP) is 7.82. The summed E-state index contributed by atoms with van der Waals surface area (Å²) in [5, 5.41) is 0. The summed E-state index contributed by atoms with van der Waals surface area (Å²) in [6.07, 6.45) is 8.48. The standard InChI is InChI=1S/C41H42O6/c1-3-40(42)46-25-5-23-44-36-17-11-30(12-18-36)7-9-32-15-21-38-34(27-32)29-35-28-33(16-22-39(35)38)10-8-31-13-19-37(20-14-31)45-24-6-26-47-41(43)4-2/h3-4,11-22,27-28H,1-2,5-10,23-26,29H2. The smallest absolute Gasteiger partial charge is 0.330 e. The third-order valence-electron chi connectivity index (χ3n) is 8.20. The second kappa shape index (κ2) is 17.0. The maximum absolute atomic E-state index is 11.1. The quantitative estimate of drug-likeness (QED) is 0.0559. The van der Waals surface area contributed by atoms with E-state index in [-0.39, 0.29) is 0 Å². The zero-order chi connectivity index (χ0) is 32.8. The van der Waals surface area contributed by atoms with E-state index in [1.54, 1.807) is 0 Å². The van der Waals surface area contributed by atoms with E-state index in [2.05, 4.69) is 73.8 Å². The van der Waals surface area contributed by atoms with Crippen LogP contribution in [0, 0.1) is 0 Å². The molecule has 0 saturated heterocycles. The van der Waals surface area contributed by atoms with Crippen LogP contribution in [0.15, 0.2) is 110 Å². The summed E-state index contributed by atoms with van der Waals surface area (Å²) in [6.45, 7) is 8.41. The highest BCUT2D eigenvalue weighted by Crippen LogP contribution is 2.38. The van der Waals surface area contributed by atoms with Crippen molar-refractivity contribution < 1.29 is 28.5 Å². The molecule has 6 heteroatoms. The molecule has 0 N–H and O–H groups in total. The summed E-state index contributed by atoms with van der Waals surface area (Å²) >= 11 is 0. The Morgan fingerprint density at radius 2 is 0.915 bits per heavy atom. The first kappa shape index (κ1) is 33.3. The molecule has 0 unspecified atom stereocenters. The van der Waals surface area contributed by atoms with Gasteiger partial charge in [0.1, 0.15) is 11.5 Å². The van der Waals surface area contributed by atoms with Crippen molar-refractivity contribution in [1.82, 2.24) is 0 Å². The fourth-order valence-corrected chi connectivity index (χ4v) is 5.67. The lowest BCUT2D eigenvalue weighted by molar-refractivity contribution is -0.138. The summed E-state index contributed by atoms with van der Waals surface area (Å²) in [5.41, 5.74) is 10.8. The van der Waals surface area contributed by atoms with Gasteiger partial charge in [-0.05, 0) is 101 Å². The molecule has 242 valence electrons. The van der Waals surface area contributed by atoms with E-state index < -0.39 is 11.9 Å². The first-order valence-electron chi connectivity index (χ1n) is 16.3. The van der Waals surface area contributed by atoms with Crippen LogP contribution in [-0.4, -0.2) is 38.4 Å². The van der Waals surface area contributed by atoms with Gasteiger partial charge >= 0.3 is 11.9 Å². The Labute approximate surface area is 277 Å². The van der Waals surface area contributed by atoms with Gasteiger partial charge in [0.25, 0.3) is 0 Å². The zero-order valence-corrected chi connectivity index (χ0v) is 26.9. The number of carbonyl (C=O) groups is 2. The molecule has 0 radical (unpaired) electrons. The van der Waals surface area contributed by atoms with Crippen molar-refractivity contribution in [3.63, 3.8) is 0 Å². The molecule has 0 atom stereocenters. The number of benzene rings is 4. The van der Waals surface area contributed by atoms with Gasteiger partial charge in [0, 0.05) is 25.0 Å². The molecule has 0 spiro atoms. The number of hydrogen-bond acceptors (Lipinski definition) is 6. The molecule has 0 fully saturated rings. The molecule has 0 bridgehead atoms. The van der Waals surface area contributed by atoms with Crippen LogP contribution < -0.4 is 9.47 Å². The number of rotatable bonds is 18. The van der Waals surface area contributed by atoms with E-state index >= 15 is 0 Å². The minimum Gasteiger partial charge on any atom is -0.493 e. The topological polar surface area (TPSA) is 71.1 Å². The van der Waals surface area contributed by atoms with Crippen LogP contribution in [0.2, 0.25) is 0 Å². The highest BCUT2D eigenvalue weighted by Gasteiger charge is 2.19. The van der Waals surface area contributed by atoms with Gasteiger partial charge in [-0.15, -0.1) is 0 Å². The van der Waals surface area contributed by atoms with Crippen LogP contribution in [0.25, 0.3) is 11.1 Å². The van der Waals surface area contributed by atoms with Crippen molar-refractivity contribution in [1.29, 1.82) is 0 Å². The molecule has 47 heavy (non-hydrogen) atoms. The minimum absolute atomic E-state index is 0.324. The predicted molar refractivity (Wildman–Crippen MR) is 185 cm³/mol. The molecular weight excluding hydrogens is 588 g/mol. The first-order valence-corrected chi connectivity index (χ1v) is 16.3. The molecule has 5 rings (SSSR count). The number of hydrogen-bond donors (Lipinski definition) is 0. The SMILES string of the molecule is C=CC(=O)OCCCOc1ccc(CCc2ccc3c(c2)Cc2cc(CCc4ccc(OCCCOC(=O)C=C)cc4)ccc2-3)cc1. The van der Waals surface area contributed by atoms with E-state index in [1.807, 2.05) is 24.3 Å². The highest BCUT2D eigenvalue weighted by molar-refractivity contribution is 5.81. The Balaban J connectivity index is 1.05. The van der Waals surface area contributed by atoms with Gasteiger partial charge in [-0.25, -0.2) is 9.59 Å². The van der Waals surface area contributed by atoms with Gasteiger partial charge in [-0.2, -0.15) is 0 Å². The number of ether oxygens (including phenoxy) is 4. The lowest BCUT2D eigenvalue weighted by Gasteiger charge is -2.09. The molecule has 0 heterocycles. The van der Waals surface area contributed by atoms with E-state index in [0.717, 1.165) is 43.6 Å². The van der Waals surface area contributed by atoms with E-state index in [0.29, 0.717) is 39.3 Å². The third kappa shape index (κ3) is 9.94. The van der Waals surface area contributed by atoms with E-state index in [4.69, 9.17) is 18.9 Å². The van der Waals surface area contributed by atoms with Crippen LogP contribution in [0.5, 0.6) is 11.5 Å². The summed E-state index contributed by atoms with van der Waals surface area (Å²) in [5.74, 6) is 0.824. The first-order chi connectivity index (χ1) is 23.0. The monoisotopic (exact) mass is 630 g/mol. The van der Waals surface area contributed by atoms with Crippen LogP contribution >= 0.6 is 0 Å². The van der Waals surface area contributed by atoms with Crippen molar-refractivity contribution in [3.05, 3.63) is 144 Å². The fraction of sp³-hybridized carbons (Fsp3) is 0.268. The van der Waals surface area contributed by atoms with Crippen LogP contribution in [0.1, 0.15) is 46.2 Å². The molecule has 6 nitrogen and oxygen atoms in total. The Bertz CT molecular complexity index is 1540. The second-order valence-electron chi connectivity index (χ2n) is 11.6. The van der Waals surface area contributed by atoms with Gasteiger partial charge in [0.15, 0.2) is 0 Å². The lowest BCUT2D eigenvalue weighted by atomic mass is 9.98. The number of esters is 2. The van der Waals surface area contributed by atoms with Crippen molar-refractivity contribution in [2.45, 2.75) is 44.9 Å². The second-order valence-corrected chi connectivity index (χ2v) is 11.6. The molecule has 0 aromatic heterocycles. The van der Waals surface area contributed by atoms with E-state index in [9.17, 15) is 9.59 Å². The molecule has 1 aliphatic rings. The van der Waals surface area contributed by atoms with Crippen molar-refractivity contribution in [2.75, 3.05) is 26.4 Å². The van der Waals surface area contributed by atoms with Gasteiger partial charge in [0.2, 0.25) is 0 Å². The Morgan fingerprint density at radius 3 is 1.32 bits per heavy atom. The minimum atomic E-state index is -0.408. The zero-order valence-electron chi connectivity index (χ0n) is 26.9. The number of carbonyl (C=O) groups excluding carboxylic acids is 2. The number of aryl methyl sites for hydroxylation is 4. The summed E-state index contributed by atoms with van der Waals surface area (Å²) < 4.78 is 21.5. The summed E-state index contributed by atoms with van der Waals surface area (Å²) in [4.78, 5) is 22.2. The average molecular weight is 631 g/mol. The van der Waals surface area contributed by atoms with Gasteiger partial charge < -0.3 is 18.9 Å². The van der Waals surface area contributed by atoms with Gasteiger partial charge in [-0.3, -0.25) is 0 Å². The average Bonchev–Trinajstić information content (AvgIpc) is 3.47. The molecule has 4 aromatic carbocycles. The number of fused-ring (bicyclic) bond motifs is 3. The molecule has 0 saturated carbocycles. The largest absolute Gasteiger partial charge is 0.493 e. The molecular formula is C41H42O6.